The maximum atomic E-state index is 13.3. The molecule has 1 amide bonds. The standard InChI is InChI=1S/C19H27FN2O.ClH/c20-17-5-3-4-15(12-17)10-11-22(18-6-1-2-7-18)19(23)14-21-13-16-8-9-16;/h3-5,12,16,18,21H,1-2,6-11,13-14H2;1H. The molecule has 2 aliphatic carbocycles. The second-order valence-electron chi connectivity index (χ2n) is 6.98. The zero-order valence-corrected chi connectivity index (χ0v) is 15.0. The summed E-state index contributed by atoms with van der Waals surface area (Å²) < 4.78 is 13.3. The Kier molecular flexibility index (Phi) is 7.50. The summed E-state index contributed by atoms with van der Waals surface area (Å²) in [5, 5.41) is 3.31. The van der Waals surface area contributed by atoms with Gasteiger partial charge in [0.1, 0.15) is 5.82 Å². The van der Waals surface area contributed by atoms with E-state index in [4.69, 9.17) is 0 Å². The predicted octanol–water partition coefficient (Wildman–Crippen LogP) is 3.56. The van der Waals surface area contributed by atoms with Crippen molar-refractivity contribution >= 4 is 18.3 Å². The summed E-state index contributed by atoms with van der Waals surface area (Å²) in [5.41, 5.74) is 0.965. The van der Waals surface area contributed by atoms with Gasteiger partial charge < -0.3 is 10.2 Å². The van der Waals surface area contributed by atoms with Gasteiger partial charge in [-0.15, -0.1) is 12.4 Å². The van der Waals surface area contributed by atoms with E-state index in [1.807, 2.05) is 11.0 Å². The quantitative estimate of drug-likeness (QED) is 0.774. The Bertz CT molecular complexity index is 530. The molecule has 0 atom stereocenters. The van der Waals surface area contributed by atoms with Crippen molar-refractivity contribution in [1.82, 2.24) is 10.2 Å². The van der Waals surface area contributed by atoms with Crippen LogP contribution < -0.4 is 5.32 Å². The number of carbonyl (C=O) groups excluding carboxylic acids is 1. The van der Waals surface area contributed by atoms with Crippen molar-refractivity contribution in [1.29, 1.82) is 0 Å². The monoisotopic (exact) mass is 354 g/mol. The van der Waals surface area contributed by atoms with Crippen LogP contribution in [0.3, 0.4) is 0 Å². The molecule has 2 aliphatic rings. The third kappa shape index (κ3) is 5.75. The molecule has 0 spiro atoms. The number of amides is 1. The number of benzene rings is 1. The fraction of sp³-hybridized carbons (Fsp3) is 0.632. The molecule has 2 fully saturated rings. The van der Waals surface area contributed by atoms with Gasteiger partial charge in [-0.3, -0.25) is 4.79 Å². The van der Waals surface area contributed by atoms with Crippen LogP contribution in [-0.4, -0.2) is 36.5 Å². The second-order valence-corrected chi connectivity index (χ2v) is 6.98. The van der Waals surface area contributed by atoms with Crippen LogP contribution in [-0.2, 0) is 11.2 Å². The van der Waals surface area contributed by atoms with Crippen LogP contribution in [0.15, 0.2) is 24.3 Å². The van der Waals surface area contributed by atoms with Crippen LogP contribution in [0.1, 0.15) is 44.1 Å². The van der Waals surface area contributed by atoms with E-state index in [1.54, 1.807) is 12.1 Å². The first-order valence-corrected chi connectivity index (χ1v) is 8.97. The molecule has 0 heterocycles. The smallest absolute Gasteiger partial charge is 0.236 e. The van der Waals surface area contributed by atoms with Gasteiger partial charge in [0, 0.05) is 12.6 Å². The number of hydrogen-bond acceptors (Lipinski definition) is 2. The summed E-state index contributed by atoms with van der Waals surface area (Å²) in [6.45, 7) is 2.10. The number of nitrogens with one attached hydrogen (secondary N) is 1. The highest BCUT2D eigenvalue weighted by Crippen LogP contribution is 2.27. The van der Waals surface area contributed by atoms with Gasteiger partial charge in [-0.2, -0.15) is 0 Å². The minimum Gasteiger partial charge on any atom is -0.338 e. The van der Waals surface area contributed by atoms with Crippen molar-refractivity contribution in [2.45, 2.75) is 51.0 Å². The molecule has 2 saturated carbocycles. The van der Waals surface area contributed by atoms with E-state index in [9.17, 15) is 9.18 Å². The Labute approximate surface area is 150 Å². The van der Waals surface area contributed by atoms with Gasteiger partial charge in [-0.1, -0.05) is 25.0 Å². The minimum atomic E-state index is -0.202. The van der Waals surface area contributed by atoms with Crippen LogP contribution >= 0.6 is 12.4 Å². The van der Waals surface area contributed by atoms with Crippen molar-refractivity contribution in [3.63, 3.8) is 0 Å². The van der Waals surface area contributed by atoms with Crippen LogP contribution in [0, 0.1) is 11.7 Å². The number of nitrogens with zero attached hydrogens (tertiary/aromatic N) is 1. The molecular formula is C19H28ClFN2O. The normalized spacial score (nSPS) is 17.5. The molecule has 5 heteroatoms. The maximum Gasteiger partial charge on any atom is 0.236 e. The Hall–Kier alpha value is -1.13. The molecular weight excluding hydrogens is 327 g/mol. The summed E-state index contributed by atoms with van der Waals surface area (Å²) >= 11 is 0. The Morgan fingerprint density at radius 1 is 1.21 bits per heavy atom. The Balaban J connectivity index is 0.00000208. The van der Waals surface area contributed by atoms with Crippen molar-refractivity contribution in [3.8, 4) is 0 Å². The average molecular weight is 355 g/mol. The third-order valence-corrected chi connectivity index (χ3v) is 5.02. The molecule has 134 valence electrons. The van der Waals surface area contributed by atoms with Gasteiger partial charge in [-0.05, 0) is 62.3 Å². The first kappa shape index (κ1) is 19.2. The zero-order valence-electron chi connectivity index (χ0n) is 14.2. The van der Waals surface area contributed by atoms with Gasteiger partial charge in [-0.25, -0.2) is 4.39 Å². The van der Waals surface area contributed by atoms with E-state index in [1.165, 1.54) is 31.7 Å². The lowest BCUT2D eigenvalue weighted by atomic mass is 10.1. The lowest BCUT2D eigenvalue weighted by Crippen LogP contribution is -2.45. The molecule has 0 bridgehead atoms. The first-order valence-electron chi connectivity index (χ1n) is 8.97. The highest BCUT2D eigenvalue weighted by Gasteiger charge is 2.27. The van der Waals surface area contributed by atoms with Crippen LogP contribution in [0.5, 0.6) is 0 Å². The van der Waals surface area contributed by atoms with Crippen molar-refractivity contribution in [3.05, 3.63) is 35.6 Å². The molecule has 0 aliphatic heterocycles. The topological polar surface area (TPSA) is 32.3 Å². The molecule has 0 saturated heterocycles. The highest BCUT2D eigenvalue weighted by molar-refractivity contribution is 5.85. The van der Waals surface area contributed by atoms with E-state index in [0.29, 0.717) is 19.1 Å². The summed E-state index contributed by atoms with van der Waals surface area (Å²) in [4.78, 5) is 14.6. The number of rotatable bonds is 8. The molecule has 3 rings (SSSR count). The molecule has 1 aromatic carbocycles. The van der Waals surface area contributed by atoms with Crippen LogP contribution in [0.4, 0.5) is 4.39 Å². The van der Waals surface area contributed by atoms with E-state index in [0.717, 1.165) is 37.3 Å². The van der Waals surface area contributed by atoms with E-state index >= 15 is 0 Å². The van der Waals surface area contributed by atoms with Gasteiger partial charge in [0.15, 0.2) is 0 Å². The van der Waals surface area contributed by atoms with Gasteiger partial charge in [0.2, 0.25) is 5.91 Å². The van der Waals surface area contributed by atoms with Crippen LogP contribution in [0.25, 0.3) is 0 Å². The van der Waals surface area contributed by atoms with Gasteiger partial charge in [0.25, 0.3) is 0 Å². The molecule has 0 unspecified atom stereocenters. The first-order chi connectivity index (χ1) is 11.2. The number of hydrogen-bond donors (Lipinski definition) is 1. The Morgan fingerprint density at radius 2 is 1.96 bits per heavy atom. The van der Waals surface area contributed by atoms with Crippen molar-refractivity contribution < 1.29 is 9.18 Å². The lowest BCUT2D eigenvalue weighted by Gasteiger charge is -2.29. The molecule has 1 aromatic rings. The number of halogens is 2. The third-order valence-electron chi connectivity index (χ3n) is 5.02. The maximum absolute atomic E-state index is 13.3. The largest absolute Gasteiger partial charge is 0.338 e. The van der Waals surface area contributed by atoms with Crippen LogP contribution in [0.2, 0.25) is 0 Å². The SMILES string of the molecule is Cl.O=C(CNCC1CC1)N(CCc1cccc(F)c1)C1CCCC1. The minimum absolute atomic E-state index is 0. The summed E-state index contributed by atoms with van der Waals surface area (Å²) in [6.07, 6.45) is 7.96. The predicted molar refractivity (Wildman–Crippen MR) is 96.9 cm³/mol. The van der Waals surface area contributed by atoms with Gasteiger partial charge in [0.05, 0.1) is 6.54 Å². The molecule has 0 radical (unpaired) electrons. The van der Waals surface area contributed by atoms with E-state index < -0.39 is 0 Å². The Morgan fingerprint density at radius 3 is 2.62 bits per heavy atom. The fourth-order valence-electron chi connectivity index (χ4n) is 3.48. The highest BCUT2D eigenvalue weighted by atomic mass is 35.5. The van der Waals surface area contributed by atoms with Crippen molar-refractivity contribution in [2.24, 2.45) is 5.92 Å². The van der Waals surface area contributed by atoms with E-state index in [-0.39, 0.29) is 24.1 Å². The van der Waals surface area contributed by atoms with Gasteiger partial charge >= 0.3 is 0 Å². The molecule has 3 nitrogen and oxygen atoms in total. The van der Waals surface area contributed by atoms with Crippen molar-refractivity contribution in [2.75, 3.05) is 19.6 Å². The molecule has 1 N–H and O–H groups in total. The second kappa shape index (κ2) is 9.38. The number of carbonyl (C=O) groups is 1. The van der Waals surface area contributed by atoms with E-state index in [2.05, 4.69) is 5.32 Å². The average Bonchev–Trinajstić information content (AvgIpc) is 3.20. The zero-order chi connectivity index (χ0) is 16.1. The molecule has 0 aromatic heterocycles. The molecule has 24 heavy (non-hydrogen) atoms. The fourth-order valence-corrected chi connectivity index (χ4v) is 3.48. The summed E-state index contributed by atoms with van der Waals surface area (Å²) in [5.74, 6) is 0.788. The lowest BCUT2D eigenvalue weighted by molar-refractivity contribution is -0.132. The summed E-state index contributed by atoms with van der Waals surface area (Å²) in [6, 6.07) is 7.09. The summed E-state index contributed by atoms with van der Waals surface area (Å²) in [7, 11) is 0.